The Morgan fingerprint density at radius 1 is 1.28 bits per heavy atom. The number of nitrogens with one attached hydrogen (secondary N) is 1. The lowest BCUT2D eigenvalue weighted by molar-refractivity contribution is -0.124. The number of rotatable bonds is 7. The van der Waals surface area contributed by atoms with E-state index in [0.29, 0.717) is 11.8 Å². The van der Waals surface area contributed by atoms with Gasteiger partial charge in [0.2, 0.25) is 5.91 Å². The van der Waals surface area contributed by atoms with Gasteiger partial charge in [-0.2, -0.15) is 0 Å². The van der Waals surface area contributed by atoms with E-state index >= 15 is 0 Å². The number of halogens is 1. The van der Waals surface area contributed by atoms with Gasteiger partial charge in [0.15, 0.2) is 0 Å². The lowest BCUT2D eigenvalue weighted by atomic mass is 9.76. The molecule has 140 valence electrons. The third kappa shape index (κ3) is 5.53. The molecule has 0 spiro atoms. The van der Waals surface area contributed by atoms with E-state index in [9.17, 15) is 9.18 Å². The summed E-state index contributed by atoms with van der Waals surface area (Å²) in [6, 6.07) is 7.27. The van der Waals surface area contributed by atoms with Crippen molar-refractivity contribution in [1.29, 1.82) is 0 Å². The average Bonchev–Trinajstić information content (AvgIpc) is 2.60. The molecule has 1 aromatic carbocycles. The molecule has 1 aliphatic rings. The molecule has 2 atom stereocenters. The smallest absolute Gasteiger partial charge is 0.222 e. The van der Waals surface area contributed by atoms with Crippen LogP contribution in [0.15, 0.2) is 24.3 Å². The van der Waals surface area contributed by atoms with Crippen LogP contribution < -0.4 is 5.32 Å². The van der Waals surface area contributed by atoms with Gasteiger partial charge in [0.05, 0.1) is 0 Å². The van der Waals surface area contributed by atoms with Crippen LogP contribution in [0.1, 0.15) is 57.6 Å². The summed E-state index contributed by atoms with van der Waals surface area (Å²) in [5.74, 6) is 1.22. The van der Waals surface area contributed by atoms with Gasteiger partial charge in [-0.25, -0.2) is 4.39 Å². The molecule has 2 rings (SSSR count). The molecule has 1 fully saturated rings. The van der Waals surface area contributed by atoms with Crippen LogP contribution in [0.2, 0.25) is 0 Å². The fraction of sp³-hybridized carbons (Fsp3) is 0.667. The second-order valence-electron chi connectivity index (χ2n) is 7.80. The number of amides is 1. The Labute approximate surface area is 152 Å². The predicted molar refractivity (Wildman–Crippen MR) is 101 cm³/mol. The highest BCUT2D eigenvalue weighted by atomic mass is 19.1. The molecule has 0 radical (unpaired) electrons. The first-order valence-corrected chi connectivity index (χ1v) is 9.62. The molecule has 1 amide bonds. The van der Waals surface area contributed by atoms with Gasteiger partial charge in [-0.15, -0.1) is 0 Å². The molecule has 2 unspecified atom stereocenters. The van der Waals surface area contributed by atoms with E-state index in [1.165, 1.54) is 6.07 Å². The van der Waals surface area contributed by atoms with Crippen molar-refractivity contribution < 1.29 is 9.18 Å². The first-order chi connectivity index (χ1) is 11.9. The molecule has 1 saturated carbocycles. The van der Waals surface area contributed by atoms with Gasteiger partial charge < -0.3 is 10.2 Å². The molecule has 1 N–H and O–H groups in total. The normalized spacial score (nSPS) is 23.3. The number of carbonyl (C=O) groups is 1. The summed E-state index contributed by atoms with van der Waals surface area (Å²) in [4.78, 5) is 14.2. The van der Waals surface area contributed by atoms with Gasteiger partial charge in [-0.1, -0.05) is 26.0 Å². The van der Waals surface area contributed by atoms with Gasteiger partial charge in [-0.3, -0.25) is 4.79 Å². The minimum absolute atomic E-state index is 0.0995. The van der Waals surface area contributed by atoms with E-state index in [2.05, 4.69) is 24.3 Å². The third-order valence-electron chi connectivity index (χ3n) is 5.71. The van der Waals surface area contributed by atoms with Crippen molar-refractivity contribution >= 4 is 5.91 Å². The number of hydrogen-bond acceptors (Lipinski definition) is 2. The lowest BCUT2D eigenvalue weighted by Gasteiger charge is -2.37. The number of nitrogens with zero attached hydrogens (tertiary/aromatic N) is 1. The van der Waals surface area contributed by atoms with Crippen LogP contribution in [0.3, 0.4) is 0 Å². The van der Waals surface area contributed by atoms with Crippen molar-refractivity contribution in [2.45, 2.75) is 52.0 Å². The van der Waals surface area contributed by atoms with Crippen molar-refractivity contribution in [1.82, 2.24) is 10.2 Å². The van der Waals surface area contributed by atoms with E-state index in [0.717, 1.165) is 44.2 Å². The second kappa shape index (κ2) is 9.33. The van der Waals surface area contributed by atoms with E-state index < -0.39 is 0 Å². The van der Waals surface area contributed by atoms with Crippen molar-refractivity contribution in [3.8, 4) is 0 Å². The fourth-order valence-electron chi connectivity index (χ4n) is 4.00. The minimum Gasteiger partial charge on any atom is -0.356 e. The van der Waals surface area contributed by atoms with Gasteiger partial charge in [0.1, 0.15) is 5.82 Å². The highest BCUT2D eigenvalue weighted by Crippen LogP contribution is 2.39. The Bertz CT molecular complexity index is 553. The molecule has 0 saturated heterocycles. The summed E-state index contributed by atoms with van der Waals surface area (Å²) in [5.41, 5.74) is 1.07. The van der Waals surface area contributed by atoms with E-state index in [4.69, 9.17) is 0 Å². The maximum atomic E-state index is 13.6. The van der Waals surface area contributed by atoms with Crippen LogP contribution in [-0.2, 0) is 4.79 Å². The van der Waals surface area contributed by atoms with Crippen molar-refractivity contribution in [2.75, 3.05) is 20.6 Å². The molecule has 0 heterocycles. The van der Waals surface area contributed by atoms with E-state index in [1.54, 1.807) is 12.1 Å². The lowest BCUT2D eigenvalue weighted by Crippen LogP contribution is -2.36. The topological polar surface area (TPSA) is 32.3 Å². The Morgan fingerprint density at radius 2 is 1.96 bits per heavy atom. The third-order valence-corrected chi connectivity index (χ3v) is 5.71. The van der Waals surface area contributed by atoms with Crippen LogP contribution >= 0.6 is 0 Å². The molecule has 4 heteroatoms. The summed E-state index contributed by atoms with van der Waals surface area (Å²) in [5, 5.41) is 3.11. The molecular formula is C21H33FN2O. The van der Waals surface area contributed by atoms with Crippen molar-refractivity contribution in [2.24, 2.45) is 17.8 Å². The van der Waals surface area contributed by atoms with Crippen LogP contribution in [0.4, 0.5) is 4.39 Å². The highest BCUT2D eigenvalue weighted by Gasteiger charge is 2.30. The molecule has 0 aromatic heterocycles. The largest absolute Gasteiger partial charge is 0.356 e. The molecule has 1 aliphatic carbocycles. The number of hydrogen-bond donors (Lipinski definition) is 1. The molecule has 1 aromatic rings. The zero-order valence-corrected chi connectivity index (χ0v) is 16.1. The molecule has 0 bridgehead atoms. The zero-order valence-electron chi connectivity index (χ0n) is 16.1. The van der Waals surface area contributed by atoms with Crippen LogP contribution in [0, 0.1) is 23.6 Å². The Morgan fingerprint density at radius 3 is 2.52 bits per heavy atom. The maximum absolute atomic E-state index is 13.6. The summed E-state index contributed by atoms with van der Waals surface area (Å²) in [6.07, 6.45) is 5.40. The Balaban J connectivity index is 1.90. The van der Waals surface area contributed by atoms with Gasteiger partial charge >= 0.3 is 0 Å². The quantitative estimate of drug-likeness (QED) is 0.792. The highest BCUT2D eigenvalue weighted by molar-refractivity contribution is 5.78. The predicted octanol–water partition coefficient (Wildman–Crippen LogP) is 4.40. The first-order valence-electron chi connectivity index (χ1n) is 9.62. The Kier molecular flexibility index (Phi) is 7.42. The Hall–Kier alpha value is -1.42. The molecule has 0 aliphatic heterocycles. The van der Waals surface area contributed by atoms with Gasteiger partial charge in [0.25, 0.3) is 0 Å². The molecule has 3 nitrogen and oxygen atoms in total. The van der Waals surface area contributed by atoms with E-state index in [1.807, 2.05) is 19.9 Å². The van der Waals surface area contributed by atoms with Crippen molar-refractivity contribution in [3.05, 3.63) is 35.6 Å². The van der Waals surface area contributed by atoms with Crippen LogP contribution in [-0.4, -0.2) is 31.4 Å². The maximum Gasteiger partial charge on any atom is 0.222 e. The SMILES string of the molecule is CCC(C)C(=O)NCC1CCC(C(c2cccc(F)c2)N(C)C)CC1. The molecular weight excluding hydrogens is 315 g/mol. The fourth-order valence-corrected chi connectivity index (χ4v) is 4.00. The number of carbonyl (C=O) groups excluding carboxylic acids is 1. The second-order valence-corrected chi connectivity index (χ2v) is 7.80. The summed E-state index contributed by atoms with van der Waals surface area (Å²) < 4.78 is 13.6. The standard InChI is InChI=1S/C21H33FN2O/c1-5-15(2)21(25)23-14-16-9-11-17(12-10-16)20(24(3)4)18-7-6-8-19(22)13-18/h6-8,13,15-17,20H,5,9-12,14H2,1-4H3,(H,23,25). The average molecular weight is 349 g/mol. The summed E-state index contributed by atoms with van der Waals surface area (Å²) in [7, 11) is 4.15. The minimum atomic E-state index is -0.161. The van der Waals surface area contributed by atoms with Crippen molar-refractivity contribution in [3.63, 3.8) is 0 Å². The van der Waals surface area contributed by atoms with Crippen LogP contribution in [0.5, 0.6) is 0 Å². The number of benzene rings is 1. The van der Waals surface area contributed by atoms with Gasteiger partial charge in [0, 0.05) is 18.5 Å². The molecule has 25 heavy (non-hydrogen) atoms. The summed E-state index contributed by atoms with van der Waals surface area (Å²) >= 11 is 0. The zero-order chi connectivity index (χ0) is 18.4. The van der Waals surface area contributed by atoms with Crippen LogP contribution in [0.25, 0.3) is 0 Å². The van der Waals surface area contributed by atoms with Gasteiger partial charge in [-0.05, 0) is 75.7 Å². The summed E-state index contributed by atoms with van der Waals surface area (Å²) in [6.45, 7) is 4.82. The monoisotopic (exact) mass is 348 g/mol. The first kappa shape index (κ1) is 19.9. The van der Waals surface area contributed by atoms with E-state index in [-0.39, 0.29) is 23.7 Å².